The number of thiophene rings is 1. The third-order valence-electron chi connectivity index (χ3n) is 2.86. The third-order valence-corrected chi connectivity index (χ3v) is 5.72. The van der Waals surface area contributed by atoms with Crippen molar-refractivity contribution in [3.8, 4) is 0 Å². The van der Waals surface area contributed by atoms with Crippen molar-refractivity contribution in [1.29, 1.82) is 0 Å². The van der Waals surface area contributed by atoms with Crippen molar-refractivity contribution in [1.82, 2.24) is 5.32 Å². The second-order valence-electron chi connectivity index (χ2n) is 4.24. The van der Waals surface area contributed by atoms with Crippen molar-refractivity contribution in [3.63, 3.8) is 0 Å². The summed E-state index contributed by atoms with van der Waals surface area (Å²) in [5.74, 6) is 0. The fraction of sp³-hybridized carbons (Fsp3) is 0.286. The number of hydrogen-bond acceptors (Lipinski definition) is 2. The molecule has 0 amide bonds. The lowest BCUT2D eigenvalue weighted by Crippen LogP contribution is -2.17. The fourth-order valence-electron chi connectivity index (χ4n) is 1.79. The zero-order valence-corrected chi connectivity index (χ0v) is 14.3. The lowest BCUT2D eigenvalue weighted by molar-refractivity contribution is 0.577. The van der Waals surface area contributed by atoms with Crippen LogP contribution in [0.5, 0.6) is 0 Å². The molecule has 1 nitrogen and oxygen atoms in total. The molecule has 1 aromatic carbocycles. The average Bonchev–Trinajstić information content (AvgIpc) is 2.66. The van der Waals surface area contributed by atoms with Crippen molar-refractivity contribution in [3.05, 3.63) is 54.6 Å². The molecule has 1 heterocycles. The van der Waals surface area contributed by atoms with E-state index in [1.165, 1.54) is 19.8 Å². The molecular weight excluding hydrogens is 374 g/mol. The van der Waals surface area contributed by atoms with E-state index in [1.807, 2.05) is 17.4 Å². The molecule has 0 aliphatic rings. The van der Waals surface area contributed by atoms with E-state index in [1.54, 1.807) is 0 Å². The summed E-state index contributed by atoms with van der Waals surface area (Å²) in [5.41, 5.74) is 1.30. The molecule has 0 aliphatic heterocycles. The Bertz CT molecular complexity index is 517. The van der Waals surface area contributed by atoms with Crippen molar-refractivity contribution in [2.75, 3.05) is 0 Å². The minimum atomic E-state index is 0.335. The van der Waals surface area contributed by atoms with Gasteiger partial charge in [-0.25, -0.2) is 0 Å². The van der Waals surface area contributed by atoms with Gasteiger partial charge < -0.3 is 5.32 Å². The maximum atomic E-state index is 3.59. The summed E-state index contributed by atoms with van der Waals surface area (Å²) in [4.78, 5) is 2.69. The van der Waals surface area contributed by atoms with Gasteiger partial charge in [0.2, 0.25) is 0 Å². The van der Waals surface area contributed by atoms with Gasteiger partial charge in [0.05, 0.1) is 0 Å². The van der Waals surface area contributed by atoms with Crippen molar-refractivity contribution < 1.29 is 0 Å². The molecule has 18 heavy (non-hydrogen) atoms. The van der Waals surface area contributed by atoms with E-state index in [2.05, 4.69) is 75.3 Å². The molecule has 0 spiro atoms. The molecule has 0 saturated carbocycles. The summed E-state index contributed by atoms with van der Waals surface area (Å²) in [5, 5.41) is 3.56. The largest absolute Gasteiger partial charge is 0.305 e. The van der Waals surface area contributed by atoms with E-state index >= 15 is 0 Å². The molecule has 4 heteroatoms. The molecule has 0 radical (unpaired) electrons. The van der Waals surface area contributed by atoms with Gasteiger partial charge in [-0.05, 0) is 47.5 Å². The number of rotatable bonds is 4. The van der Waals surface area contributed by atoms with Gasteiger partial charge in [-0.3, -0.25) is 0 Å². The van der Waals surface area contributed by atoms with Crippen molar-refractivity contribution >= 4 is 43.2 Å². The van der Waals surface area contributed by atoms with E-state index in [0.29, 0.717) is 6.04 Å². The lowest BCUT2D eigenvalue weighted by atomic mass is 10.1. The van der Waals surface area contributed by atoms with E-state index in [0.717, 1.165) is 11.0 Å². The standard InChI is InChI=1S/C14H15Br2NS/c1-9(12-5-3-4-6-13(12)15)17-8-11-7-14(16)10(2)18-11/h3-7,9,17H,8H2,1-2H3/t9-/m0/s1. The Hall–Kier alpha value is -0.160. The SMILES string of the molecule is Cc1sc(CN[C@@H](C)c2ccccc2Br)cc1Br. The molecule has 0 saturated heterocycles. The molecule has 0 bridgehead atoms. The first-order valence-corrected chi connectivity index (χ1v) is 8.21. The van der Waals surface area contributed by atoms with Gasteiger partial charge in [0.25, 0.3) is 0 Å². The van der Waals surface area contributed by atoms with Gasteiger partial charge >= 0.3 is 0 Å². The van der Waals surface area contributed by atoms with Gasteiger partial charge in [0.1, 0.15) is 0 Å². The fourth-order valence-corrected chi connectivity index (χ4v) is 3.98. The molecule has 0 aliphatic carbocycles. The summed E-state index contributed by atoms with van der Waals surface area (Å²) in [6.07, 6.45) is 0. The molecule has 2 rings (SSSR count). The van der Waals surface area contributed by atoms with Gasteiger partial charge in [-0.1, -0.05) is 34.1 Å². The highest BCUT2D eigenvalue weighted by Crippen LogP contribution is 2.27. The van der Waals surface area contributed by atoms with Crippen LogP contribution in [0.4, 0.5) is 0 Å². The third kappa shape index (κ3) is 3.44. The van der Waals surface area contributed by atoms with Gasteiger partial charge in [-0.2, -0.15) is 0 Å². The lowest BCUT2D eigenvalue weighted by Gasteiger charge is -2.15. The normalized spacial score (nSPS) is 12.7. The van der Waals surface area contributed by atoms with Crippen LogP contribution < -0.4 is 5.32 Å². The van der Waals surface area contributed by atoms with Crippen LogP contribution in [0.15, 0.2) is 39.3 Å². The Kier molecular flexibility index (Phi) is 5.01. The molecule has 1 atom stereocenters. The zero-order chi connectivity index (χ0) is 13.1. The summed E-state index contributed by atoms with van der Waals surface area (Å²) in [6.45, 7) is 5.23. The number of hydrogen-bond donors (Lipinski definition) is 1. The molecule has 96 valence electrons. The van der Waals surface area contributed by atoms with Crippen LogP contribution in [0.2, 0.25) is 0 Å². The summed E-state index contributed by atoms with van der Waals surface area (Å²) in [7, 11) is 0. The second kappa shape index (κ2) is 6.33. The molecule has 0 fully saturated rings. The van der Waals surface area contributed by atoms with Crippen LogP contribution in [0.3, 0.4) is 0 Å². The molecule has 1 aromatic heterocycles. The Labute approximate surface area is 129 Å². The maximum Gasteiger partial charge on any atom is 0.0314 e. The number of halogens is 2. The van der Waals surface area contributed by atoms with Crippen LogP contribution in [0.25, 0.3) is 0 Å². The first-order chi connectivity index (χ1) is 8.58. The Morgan fingerprint density at radius 1 is 1.22 bits per heavy atom. The van der Waals surface area contributed by atoms with Crippen LogP contribution in [-0.2, 0) is 6.54 Å². The topological polar surface area (TPSA) is 12.0 Å². The van der Waals surface area contributed by atoms with Crippen LogP contribution in [0, 0.1) is 6.92 Å². The van der Waals surface area contributed by atoms with Gasteiger partial charge in [0.15, 0.2) is 0 Å². The van der Waals surface area contributed by atoms with Crippen LogP contribution in [0.1, 0.15) is 28.3 Å². The van der Waals surface area contributed by atoms with Gasteiger partial charge in [-0.15, -0.1) is 11.3 Å². The van der Waals surface area contributed by atoms with Crippen molar-refractivity contribution in [2.45, 2.75) is 26.4 Å². The number of aryl methyl sites for hydroxylation is 1. The van der Waals surface area contributed by atoms with E-state index < -0.39 is 0 Å². The monoisotopic (exact) mass is 387 g/mol. The van der Waals surface area contributed by atoms with Crippen molar-refractivity contribution in [2.24, 2.45) is 0 Å². The average molecular weight is 389 g/mol. The number of benzene rings is 1. The molecule has 1 N–H and O–H groups in total. The summed E-state index contributed by atoms with van der Waals surface area (Å²) < 4.78 is 2.37. The molecule has 0 unspecified atom stereocenters. The van der Waals surface area contributed by atoms with Gasteiger partial charge in [0, 0.05) is 31.3 Å². The van der Waals surface area contributed by atoms with Crippen LogP contribution in [-0.4, -0.2) is 0 Å². The summed E-state index contributed by atoms with van der Waals surface area (Å²) >= 11 is 8.98. The highest BCUT2D eigenvalue weighted by Gasteiger charge is 2.09. The number of nitrogens with one attached hydrogen (secondary N) is 1. The predicted octanol–water partition coefficient (Wildman–Crippen LogP) is 5.43. The predicted molar refractivity (Wildman–Crippen MR) is 86.2 cm³/mol. The Morgan fingerprint density at radius 3 is 2.56 bits per heavy atom. The highest BCUT2D eigenvalue weighted by molar-refractivity contribution is 9.10. The van der Waals surface area contributed by atoms with E-state index in [-0.39, 0.29) is 0 Å². The zero-order valence-electron chi connectivity index (χ0n) is 10.3. The summed E-state index contributed by atoms with van der Waals surface area (Å²) in [6, 6.07) is 10.9. The first-order valence-electron chi connectivity index (χ1n) is 5.80. The maximum absolute atomic E-state index is 3.59. The smallest absolute Gasteiger partial charge is 0.0314 e. The van der Waals surface area contributed by atoms with Crippen LogP contribution >= 0.6 is 43.2 Å². The Morgan fingerprint density at radius 2 is 1.94 bits per heavy atom. The minimum Gasteiger partial charge on any atom is -0.305 e. The minimum absolute atomic E-state index is 0.335. The highest BCUT2D eigenvalue weighted by atomic mass is 79.9. The first kappa shape index (κ1) is 14.3. The van der Waals surface area contributed by atoms with E-state index in [9.17, 15) is 0 Å². The molecule has 2 aromatic rings. The van der Waals surface area contributed by atoms with E-state index in [4.69, 9.17) is 0 Å². The molecular formula is C14H15Br2NS. The quantitative estimate of drug-likeness (QED) is 0.735. The second-order valence-corrected chi connectivity index (χ2v) is 7.29. The Balaban J connectivity index is 2.00.